The molecule has 15 heavy (non-hydrogen) atoms. The molecule has 1 saturated carbocycles. The van der Waals surface area contributed by atoms with Crippen molar-refractivity contribution in [2.75, 3.05) is 7.05 Å². The van der Waals surface area contributed by atoms with E-state index in [1.807, 2.05) is 11.3 Å². The molecular weight excluding hydrogens is 270 g/mol. The first-order valence-electron chi connectivity index (χ1n) is 5.70. The second-order valence-corrected chi connectivity index (χ2v) is 5.98. The average Bonchev–Trinajstić information content (AvgIpc) is 2.54. The molecule has 1 nitrogen and oxygen atoms in total. The van der Waals surface area contributed by atoms with Gasteiger partial charge in [0.15, 0.2) is 0 Å². The summed E-state index contributed by atoms with van der Waals surface area (Å²) >= 11 is 5.47. The Labute approximate surface area is 104 Å². The van der Waals surface area contributed by atoms with Crippen LogP contribution in [-0.4, -0.2) is 13.1 Å². The van der Waals surface area contributed by atoms with Crippen molar-refractivity contribution in [3.63, 3.8) is 0 Å². The summed E-state index contributed by atoms with van der Waals surface area (Å²) in [4.78, 5) is 0. The van der Waals surface area contributed by atoms with E-state index in [-0.39, 0.29) is 0 Å². The van der Waals surface area contributed by atoms with Crippen LogP contribution in [0.5, 0.6) is 0 Å². The number of hydrogen-bond donors (Lipinski definition) is 1. The molecule has 1 N–H and O–H groups in total. The second-order valence-electron chi connectivity index (χ2n) is 4.38. The van der Waals surface area contributed by atoms with Crippen LogP contribution in [-0.2, 0) is 0 Å². The molecule has 1 aromatic heterocycles. The Morgan fingerprint density at radius 3 is 2.80 bits per heavy atom. The molecule has 0 bridgehead atoms. The number of halogens is 1. The summed E-state index contributed by atoms with van der Waals surface area (Å²) in [5.74, 6) is 0.755. The molecule has 0 radical (unpaired) electrons. The monoisotopic (exact) mass is 287 g/mol. The largest absolute Gasteiger partial charge is 0.317 e. The van der Waals surface area contributed by atoms with Crippen LogP contribution in [0.3, 0.4) is 0 Å². The highest BCUT2D eigenvalue weighted by molar-refractivity contribution is 9.10. The predicted octanol–water partition coefficient (Wildman–Crippen LogP) is 4.15. The minimum atomic E-state index is 0.712. The predicted molar refractivity (Wildman–Crippen MR) is 70.7 cm³/mol. The average molecular weight is 288 g/mol. The fourth-order valence-electron chi connectivity index (χ4n) is 2.49. The van der Waals surface area contributed by atoms with Crippen molar-refractivity contribution in [1.82, 2.24) is 5.32 Å². The summed E-state index contributed by atoms with van der Waals surface area (Å²) in [6.07, 6.45) is 6.75. The standard InChI is InChI=1S/C12H18BrNS/c1-14-10-5-3-2-4-9(6-10)11-7-15-8-12(11)13/h7-10,14H,2-6H2,1H3. The summed E-state index contributed by atoms with van der Waals surface area (Å²) in [5.41, 5.74) is 1.53. The van der Waals surface area contributed by atoms with Crippen molar-refractivity contribution in [1.29, 1.82) is 0 Å². The maximum Gasteiger partial charge on any atom is 0.0317 e. The molecular formula is C12H18BrNS. The molecule has 0 aromatic carbocycles. The van der Waals surface area contributed by atoms with E-state index in [4.69, 9.17) is 0 Å². The smallest absolute Gasteiger partial charge is 0.0317 e. The van der Waals surface area contributed by atoms with Gasteiger partial charge in [0, 0.05) is 15.9 Å². The fraction of sp³-hybridized carbons (Fsp3) is 0.667. The lowest BCUT2D eigenvalue weighted by Crippen LogP contribution is -2.25. The van der Waals surface area contributed by atoms with Crippen molar-refractivity contribution >= 4 is 27.3 Å². The van der Waals surface area contributed by atoms with Crippen LogP contribution in [0.1, 0.15) is 43.6 Å². The maximum atomic E-state index is 3.66. The number of rotatable bonds is 2. The van der Waals surface area contributed by atoms with Crippen molar-refractivity contribution in [2.24, 2.45) is 0 Å². The summed E-state index contributed by atoms with van der Waals surface area (Å²) in [6.45, 7) is 0. The summed E-state index contributed by atoms with van der Waals surface area (Å²) in [5, 5.41) is 7.96. The third kappa shape index (κ3) is 2.83. The first kappa shape index (κ1) is 11.6. The molecule has 1 fully saturated rings. The Bertz CT molecular complexity index is 310. The van der Waals surface area contributed by atoms with Crippen molar-refractivity contribution in [2.45, 2.75) is 44.1 Å². The highest BCUT2D eigenvalue weighted by Crippen LogP contribution is 2.37. The minimum absolute atomic E-state index is 0.712. The van der Waals surface area contributed by atoms with E-state index in [0.29, 0.717) is 6.04 Å². The molecule has 2 atom stereocenters. The van der Waals surface area contributed by atoms with E-state index in [1.165, 1.54) is 42.1 Å². The zero-order valence-electron chi connectivity index (χ0n) is 9.13. The topological polar surface area (TPSA) is 12.0 Å². The highest BCUT2D eigenvalue weighted by Gasteiger charge is 2.22. The van der Waals surface area contributed by atoms with Crippen LogP contribution in [0, 0.1) is 0 Å². The van der Waals surface area contributed by atoms with Gasteiger partial charge in [-0.1, -0.05) is 12.8 Å². The Morgan fingerprint density at radius 2 is 2.13 bits per heavy atom. The quantitative estimate of drug-likeness (QED) is 0.806. The zero-order chi connectivity index (χ0) is 10.7. The van der Waals surface area contributed by atoms with E-state index in [0.717, 1.165) is 5.92 Å². The molecule has 1 aliphatic rings. The van der Waals surface area contributed by atoms with Crippen molar-refractivity contribution < 1.29 is 0 Å². The van der Waals surface area contributed by atoms with E-state index in [2.05, 4.69) is 39.1 Å². The first-order valence-corrected chi connectivity index (χ1v) is 7.43. The van der Waals surface area contributed by atoms with Crippen LogP contribution >= 0.6 is 27.3 Å². The van der Waals surface area contributed by atoms with E-state index in [1.54, 1.807) is 0 Å². The van der Waals surface area contributed by atoms with Crippen LogP contribution in [0.15, 0.2) is 15.2 Å². The fourth-order valence-corrected chi connectivity index (χ4v) is 4.19. The van der Waals surface area contributed by atoms with Crippen LogP contribution < -0.4 is 5.32 Å². The molecule has 0 aliphatic heterocycles. The van der Waals surface area contributed by atoms with Gasteiger partial charge in [-0.25, -0.2) is 0 Å². The van der Waals surface area contributed by atoms with Gasteiger partial charge < -0.3 is 5.32 Å². The summed E-state index contributed by atoms with van der Waals surface area (Å²) in [7, 11) is 2.09. The van der Waals surface area contributed by atoms with Crippen LogP contribution in [0.2, 0.25) is 0 Å². The Kier molecular flexibility index (Phi) is 4.23. The summed E-state index contributed by atoms with van der Waals surface area (Å²) < 4.78 is 1.31. The molecule has 2 unspecified atom stereocenters. The molecule has 3 heteroatoms. The van der Waals surface area contributed by atoms with Gasteiger partial charge >= 0.3 is 0 Å². The number of nitrogens with one attached hydrogen (secondary N) is 1. The van der Waals surface area contributed by atoms with Crippen molar-refractivity contribution in [3.05, 3.63) is 20.8 Å². The number of thiophene rings is 1. The van der Waals surface area contributed by atoms with Gasteiger partial charge in [0.1, 0.15) is 0 Å². The first-order chi connectivity index (χ1) is 7.31. The lowest BCUT2D eigenvalue weighted by Gasteiger charge is -2.19. The Hall–Kier alpha value is 0.140. The lowest BCUT2D eigenvalue weighted by atomic mass is 9.92. The Morgan fingerprint density at radius 1 is 1.33 bits per heavy atom. The van der Waals surface area contributed by atoms with Gasteiger partial charge in [0.25, 0.3) is 0 Å². The van der Waals surface area contributed by atoms with E-state index < -0.39 is 0 Å². The van der Waals surface area contributed by atoms with E-state index in [9.17, 15) is 0 Å². The lowest BCUT2D eigenvalue weighted by molar-refractivity contribution is 0.471. The van der Waals surface area contributed by atoms with Crippen LogP contribution in [0.25, 0.3) is 0 Å². The van der Waals surface area contributed by atoms with Gasteiger partial charge in [-0.05, 0) is 59.1 Å². The van der Waals surface area contributed by atoms with Gasteiger partial charge in [0.2, 0.25) is 0 Å². The Balaban J connectivity index is 2.10. The zero-order valence-corrected chi connectivity index (χ0v) is 11.5. The SMILES string of the molecule is CNC1CCCCC(c2cscc2Br)C1. The van der Waals surface area contributed by atoms with Crippen molar-refractivity contribution in [3.8, 4) is 0 Å². The molecule has 0 amide bonds. The third-order valence-corrected chi connectivity index (χ3v) is 5.17. The molecule has 1 heterocycles. The maximum absolute atomic E-state index is 3.66. The third-order valence-electron chi connectivity index (χ3n) is 3.41. The van der Waals surface area contributed by atoms with E-state index >= 15 is 0 Å². The highest BCUT2D eigenvalue weighted by atomic mass is 79.9. The number of hydrogen-bond acceptors (Lipinski definition) is 2. The van der Waals surface area contributed by atoms with Gasteiger partial charge in [-0.3, -0.25) is 0 Å². The normalized spacial score (nSPS) is 27.6. The van der Waals surface area contributed by atoms with Crippen LogP contribution in [0.4, 0.5) is 0 Å². The molecule has 1 aliphatic carbocycles. The molecule has 1 aromatic rings. The molecule has 0 spiro atoms. The molecule has 84 valence electrons. The minimum Gasteiger partial charge on any atom is -0.317 e. The van der Waals surface area contributed by atoms with Gasteiger partial charge in [0.05, 0.1) is 0 Å². The molecule has 0 saturated heterocycles. The van der Waals surface area contributed by atoms with Gasteiger partial charge in [-0.2, -0.15) is 11.3 Å². The summed E-state index contributed by atoms with van der Waals surface area (Å²) in [6, 6.07) is 0.712. The van der Waals surface area contributed by atoms with Gasteiger partial charge in [-0.15, -0.1) is 0 Å². The second kappa shape index (κ2) is 5.46. The molecule has 2 rings (SSSR count).